The molecule has 0 saturated heterocycles. The molecule has 2 aromatic rings. The second-order valence-corrected chi connectivity index (χ2v) is 5.55. The monoisotopic (exact) mass is 303 g/mol. The molecule has 2 rings (SSSR count). The lowest BCUT2D eigenvalue weighted by Gasteiger charge is -2.17. The van der Waals surface area contributed by atoms with E-state index < -0.39 is 0 Å². The van der Waals surface area contributed by atoms with Crippen LogP contribution in [0.2, 0.25) is 0 Å². The maximum Gasteiger partial charge on any atom is 0.0338 e. The average Bonchev–Trinajstić information content (AvgIpc) is 2.35. The lowest BCUT2D eigenvalue weighted by atomic mass is 9.94. The van der Waals surface area contributed by atoms with E-state index in [2.05, 4.69) is 66.2 Å². The molecule has 1 atom stereocenters. The minimum atomic E-state index is 0.0450. The maximum atomic E-state index is 6.34. The molecule has 0 aromatic heterocycles. The van der Waals surface area contributed by atoms with Crippen LogP contribution in [0.25, 0.3) is 0 Å². The average molecular weight is 304 g/mol. The van der Waals surface area contributed by atoms with E-state index in [9.17, 15) is 0 Å². The van der Waals surface area contributed by atoms with Crippen LogP contribution in [-0.2, 0) is 6.42 Å². The van der Waals surface area contributed by atoms with Crippen molar-refractivity contribution in [3.8, 4) is 0 Å². The molecule has 94 valence electrons. The first kappa shape index (κ1) is 13.3. The first-order chi connectivity index (χ1) is 8.59. The van der Waals surface area contributed by atoms with Crippen molar-refractivity contribution in [1.29, 1.82) is 0 Å². The van der Waals surface area contributed by atoms with Crippen LogP contribution in [0.5, 0.6) is 0 Å². The molecular formula is C16H18BrN. The fourth-order valence-corrected chi connectivity index (χ4v) is 2.63. The van der Waals surface area contributed by atoms with Crippen molar-refractivity contribution >= 4 is 15.9 Å². The van der Waals surface area contributed by atoms with E-state index in [-0.39, 0.29) is 6.04 Å². The Morgan fingerprint density at radius 3 is 2.50 bits per heavy atom. The van der Waals surface area contributed by atoms with E-state index >= 15 is 0 Å². The SMILES string of the molecule is Cc1cccc(C(N)Cc2ccccc2Br)c1C. The molecule has 0 spiro atoms. The molecule has 0 heterocycles. The van der Waals surface area contributed by atoms with Gasteiger partial charge in [-0.3, -0.25) is 0 Å². The molecule has 0 saturated carbocycles. The molecule has 1 nitrogen and oxygen atoms in total. The molecule has 18 heavy (non-hydrogen) atoms. The van der Waals surface area contributed by atoms with Crippen molar-refractivity contribution in [2.24, 2.45) is 5.73 Å². The Bertz CT molecular complexity index is 549. The van der Waals surface area contributed by atoms with Crippen molar-refractivity contribution in [2.45, 2.75) is 26.3 Å². The third-order valence-electron chi connectivity index (χ3n) is 3.44. The molecule has 0 fully saturated rings. The second-order valence-electron chi connectivity index (χ2n) is 4.69. The summed E-state index contributed by atoms with van der Waals surface area (Å²) in [6.07, 6.45) is 0.853. The summed E-state index contributed by atoms with van der Waals surface area (Å²) in [4.78, 5) is 0. The summed E-state index contributed by atoms with van der Waals surface area (Å²) in [6, 6.07) is 14.6. The molecule has 0 aliphatic carbocycles. The fraction of sp³-hybridized carbons (Fsp3) is 0.250. The summed E-state index contributed by atoms with van der Waals surface area (Å²) < 4.78 is 1.13. The second kappa shape index (κ2) is 5.68. The number of hydrogen-bond donors (Lipinski definition) is 1. The molecular weight excluding hydrogens is 286 g/mol. The highest BCUT2D eigenvalue weighted by Gasteiger charge is 2.12. The first-order valence-corrected chi connectivity index (χ1v) is 6.94. The molecule has 0 bridgehead atoms. The molecule has 0 aliphatic heterocycles. The molecule has 2 N–H and O–H groups in total. The Morgan fingerprint density at radius 1 is 1.06 bits per heavy atom. The number of halogens is 1. The van der Waals surface area contributed by atoms with Crippen molar-refractivity contribution in [2.75, 3.05) is 0 Å². The molecule has 2 heteroatoms. The highest BCUT2D eigenvalue weighted by Crippen LogP contribution is 2.25. The zero-order valence-corrected chi connectivity index (χ0v) is 12.4. The van der Waals surface area contributed by atoms with Crippen LogP contribution in [-0.4, -0.2) is 0 Å². The van der Waals surface area contributed by atoms with Crippen LogP contribution < -0.4 is 5.73 Å². The quantitative estimate of drug-likeness (QED) is 0.898. The zero-order valence-electron chi connectivity index (χ0n) is 10.8. The highest BCUT2D eigenvalue weighted by molar-refractivity contribution is 9.10. The van der Waals surface area contributed by atoms with Gasteiger partial charge in [0, 0.05) is 10.5 Å². The number of hydrogen-bond acceptors (Lipinski definition) is 1. The van der Waals surface area contributed by atoms with Crippen LogP contribution in [0, 0.1) is 13.8 Å². The van der Waals surface area contributed by atoms with Gasteiger partial charge in [-0.1, -0.05) is 52.3 Å². The summed E-state index contributed by atoms with van der Waals surface area (Å²) in [7, 11) is 0. The van der Waals surface area contributed by atoms with E-state index in [1.807, 2.05) is 6.07 Å². The number of benzene rings is 2. The number of nitrogens with two attached hydrogens (primary N) is 1. The van der Waals surface area contributed by atoms with Crippen LogP contribution in [0.1, 0.15) is 28.3 Å². The van der Waals surface area contributed by atoms with Crippen molar-refractivity contribution in [3.05, 3.63) is 69.2 Å². The Morgan fingerprint density at radius 2 is 1.78 bits per heavy atom. The third kappa shape index (κ3) is 2.82. The van der Waals surface area contributed by atoms with Crippen molar-refractivity contribution < 1.29 is 0 Å². The van der Waals surface area contributed by atoms with Gasteiger partial charge in [-0.05, 0) is 48.6 Å². The molecule has 0 amide bonds. The molecule has 0 aliphatic rings. The molecule has 0 radical (unpaired) electrons. The minimum Gasteiger partial charge on any atom is -0.324 e. The van der Waals surface area contributed by atoms with Gasteiger partial charge >= 0.3 is 0 Å². The topological polar surface area (TPSA) is 26.0 Å². The van der Waals surface area contributed by atoms with Gasteiger partial charge in [-0.2, -0.15) is 0 Å². The normalized spacial score (nSPS) is 12.4. The van der Waals surface area contributed by atoms with Gasteiger partial charge in [-0.25, -0.2) is 0 Å². The van der Waals surface area contributed by atoms with Crippen LogP contribution >= 0.6 is 15.9 Å². The van der Waals surface area contributed by atoms with E-state index in [1.54, 1.807) is 0 Å². The summed E-state index contributed by atoms with van der Waals surface area (Å²) in [5.41, 5.74) is 11.4. The lowest BCUT2D eigenvalue weighted by Crippen LogP contribution is -2.15. The van der Waals surface area contributed by atoms with Crippen LogP contribution in [0.3, 0.4) is 0 Å². The zero-order chi connectivity index (χ0) is 13.1. The van der Waals surface area contributed by atoms with Gasteiger partial charge in [0.15, 0.2) is 0 Å². The predicted octanol–water partition coefficient (Wildman–Crippen LogP) is 4.31. The maximum absolute atomic E-state index is 6.34. The molecule has 2 aromatic carbocycles. The van der Waals surface area contributed by atoms with Gasteiger partial charge in [0.1, 0.15) is 0 Å². The van der Waals surface area contributed by atoms with Gasteiger partial charge in [0.05, 0.1) is 0 Å². The smallest absolute Gasteiger partial charge is 0.0338 e. The standard InChI is InChI=1S/C16H18BrN/c1-11-6-5-8-14(12(11)2)16(18)10-13-7-3-4-9-15(13)17/h3-9,16H,10,18H2,1-2H3. The van der Waals surface area contributed by atoms with Gasteiger partial charge < -0.3 is 5.73 Å². The number of aryl methyl sites for hydroxylation is 1. The summed E-state index contributed by atoms with van der Waals surface area (Å²) in [5, 5.41) is 0. The van der Waals surface area contributed by atoms with Gasteiger partial charge in [0.2, 0.25) is 0 Å². The third-order valence-corrected chi connectivity index (χ3v) is 4.22. The largest absolute Gasteiger partial charge is 0.324 e. The first-order valence-electron chi connectivity index (χ1n) is 6.14. The van der Waals surface area contributed by atoms with E-state index in [4.69, 9.17) is 5.73 Å². The highest BCUT2D eigenvalue weighted by atomic mass is 79.9. The lowest BCUT2D eigenvalue weighted by molar-refractivity contribution is 0.713. The molecule has 1 unspecified atom stereocenters. The Labute approximate surface area is 117 Å². The Kier molecular flexibility index (Phi) is 4.20. The van der Waals surface area contributed by atoms with Crippen LogP contribution in [0.4, 0.5) is 0 Å². The van der Waals surface area contributed by atoms with Crippen molar-refractivity contribution in [3.63, 3.8) is 0 Å². The summed E-state index contributed by atoms with van der Waals surface area (Å²) in [6.45, 7) is 4.27. The fourth-order valence-electron chi connectivity index (χ4n) is 2.19. The van der Waals surface area contributed by atoms with Gasteiger partial charge in [0.25, 0.3) is 0 Å². The van der Waals surface area contributed by atoms with E-state index in [0.717, 1.165) is 10.9 Å². The van der Waals surface area contributed by atoms with E-state index in [0.29, 0.717) is 0 Å². The number of rotatable bonds is 3. The van der Waals surface area contributed by atoms with E-state index in [1.165, 1.54) is 22.3 Å². The minimum absolute atomic E-state index is 0.0450. The summed E-state index contributed by atoms with van der Waals surface area (Å²) in [5.74, 6) is 0. The summed E-state index contributed by atoms with van der Waals surface area (Å²) >= 11 is 3.57. The Hall–Kier alpha value is -1.12. The Balaban J connectivity index is 2.25. The van der Waals surface area contributed by atoms with Crippen molar-refractivity contribution in [1.82, 2.24) is 0 Å². The predicted molar refractivity (Wildman–Crippen MR) is 80.7 cm³/mol. The van der Waals surface area contributed by atoms with Gasteiger partial charge in [-0.15, -0.1) is 0 Å². The van der Waals surface area contributed by atoms with Crippen LogP contribution in [0.15, 0.2) is 46.9 Å².